The SMILES string of the molecule is CN(Cc1ccccc1)C(=O)C(=O)NCc1ccc(S(N)(=O)=O)cc1. The largest absolute Gasteiger partial charge is 0.344 e. The van der Waals surface area contributed by atoms with E-state index < -0.39 is 21.8 Å². The van der Waals surface area contributed by atoms with Crippen molar-refractivity contribution in [1.82, 2.24) is 10.2 Å². The van der Waals surface area contributed by atoms with Gasteiger partial charge in [0.15, 0.2) is 0 Å². The lowest BCUT2D eigenvalue weighted by atomic mass is 10.2. The van der Waals surface area contributed by atoms with Crippen LogP contribution in [0.2, 0.25) is 0 Å². The third-order valence-corrected chi connectivity index (χ3v) is 4.44. The minimum Gasteiger partial charge on any atom is -0.344 e. The van der Waals surface area contributed by atoms with Gasteiger partial charge in [0, 0.05) is 20.1 Å². The molecule has 0 radical (unpaired) electrons. The van der Waals surface area contributed by atoms with Crippen LogP contribution in [0, 0.1) is 0 Å². The monoisotopic (exact) mass is 361 g/mol. The van der Waals surface area contributed by atoms with Crippen LogP contribution >= 0.6 is 0 Å². The maximum absolute atomic E-state index is 12.1. The lowest BCUT2D eigenvalue weighted by Gasteiger charge is -2.16. The van der Waals surface area contributed by atoms with Crippen molar-refractivity contribution in [3.63, 3.8) is 0 Å². The molecule has 0 aliphatic heterocycles. The number of rotatable bonds is 5. The second kappa shape index (κ2) is 7.91. The number of carbonyl (C=O) groups is 2. The van der Waals surface area contributed by atoms with E-state index in [0.29, 0.717) is 12.1 Å². The summed E-state index contributed by atoms with van der Waals surface area (Å²) in [6, 6.07) is 15.1. The number of amides is 2. The van der Waals surface area contributed by atoms with Crippen LogP contribution in [0.5, 0.6) is 0 Å². The summed E-state index contributed by atoms with van der Waals surface area (Å²) in [5.41, 5.74) is 1.57. The number of likely N-dealkylation sites (N-methyl/N-ethyl adjacent to an activating group) is 1. The van der Waals surface area contributed by atoms with Gasteiger partial charge in [0.2, 0.25) is 10.0 Å². The van der Waals surface area contributed by atoms with Crippen molar-refractivity contribution in [1.29, 1.82) is 0 Å². The van der Waals surface area contributed by atoms with Gasteiger partial charge in [-0.1, -0.05) is 42.5 Å². The Bertz CT molecular complexity index is 849. The van der Waals surface area contributed by atoms with Crippen LogP contribution in [0.3, 0.4) is 0 Å². The quantitative estimate of drug-likeness (QED) is 0.760. The van der Waals surface area contributed by atoms with Crippen LogP contribution in [0.1, 0.15) is 11.1 Å². The van der Waals surface area contributed by atoms with Gasteiger partial charge >= 0.3 is 11.8 Å². The number of nitrogens with zero attached hydrogens (tertiary/aromatic N) is 1. The first-order valence-corrected chi connectivity index (χ1v) is 9.01. The lowest BCUT2D eigenvalue weighted by Crippen LogP contribution is -2.40. The van der Waals surface area contributed by atoms with Crippen LogP contribution in [0.4, 0.5) is 0 Å². The highest BCUT2D eigenvalue weighted by Crippen LogP contribution is 2.08. The summed E-state index contributed by atoms with van der Waals surface area (Å²) in [5.74, 6) is -1.38. The Morgan fingerprint density at radius 2 is 1.60 bits per heavy atom. The van der Waals surface area contributed by atoms with Gasteiger partial charge in [-0.2, -0.15) is 0 Å². The highest BCUT2D eigenvalue weighted by atomic mass is 32.2. The molecular formula is C17H19N3O4S. The van der Waals surface area contributed by atoms with E-state index in [1.807, 2.05) is 30.3 Å². The predicted molar refractivity (Wildman–Crippen MR) is 92.6 cm³/mol. The first-order chi connectivity index (χ1) is 11.8. The third-order valence-electron chi connectivity index (χ3n) is 3.51. The summed E-state index contributed by atoms with van der Waals surface area (Å²) >= 11 is 0. The Morgan fingerprint density at radius 3 is 2.16 bits per heavy atom. The molecule has 0 heterocycles. The van der Waals surface area contributed by atoms with Crippen molar-refractivity contribution in [2.24, 2.45) is 5.14 Å². The Hall–Kier alpha value is -2.71. The van der Waals surface area contributed by atoms with E-state index in [-0.39, 0.29) is 11.4 Å². The standard InChI is InChI=1S/C17H19N3O4S/c1-20(12-14-5-3-2-4-6-14)17(22)16(21)19-11-13-7-9-15(10-8-13)25(18,23)24/h2-10H,11-12H2,1H3,(H,19,21)(H2,18,23,24). The minimum absolute atomic E-state index is 0.0127. The smallest absolute Gasteiger partial charge is 0.311 e. The second-order valence-corrected chi connectivity index (χ2v) is 7.08. The number of carbonyl (C=O) groups excluding carboxylic acids is 2. The highest BCUT2D eigenvalue weighted by Gasteiger charge is 2.18. The zero-order chi connectivity index (χ0) is 18.4. The zero-order valence-corrected chi connectivity index (χ0v) is 14.5. The van der Waals surface area contributed by atoms with Crippen LogP contribution in [-0.2, 0) is 32.7 Å². The van der Waals surface area contributed by atoms with Gasteiger partial charge in [0.25, 0.3) is 0 Å². The van der Waals surface area contributed by atoms with E-state index >= 15 is 0 Å². The Morgan fingerprint density at radius 1 is 1.00 bits per heavy atom. The molecular weight excluding hydrogens is 342 g/mol. The van der Waals surface area contributed by atoms with Gasteiger partial charge in [-0.05, 0) is 23.3 Å². The number of hydrogen-bond donors (Lipinski definition) is 2. The predicted octanol–water partition coefficient (Wildman–Crippen LogP) is 0.609. The van der Waals surface area contributed by atoms with Crippen molar-refractivity contribution in [2.45, 2.75) is 18.0 Å². The maximum atomic E-state index is 12.1. The number of hydrogen-bond acceptors (Lipinski definition) is 4. The summed E-state index contributed by atoms with van der Waals surface area (Å²) < 4.78 is 22.4. The molecule has 0 saturated carbocycles. The summed E-state index contributed by atoms with van der Waals surface area (Å²) in [4.78, 5) is 25.3. The molecule has 2 aromatic rings. The Balaban J connectivity index is 1.90. The van der Waals surface area contributed by atoms with Crippen LogP contribution in [-0.4, -0.2) is 32.2 Å². The molecule has 0 atom stereocenters. The molecule has 0 aromatic heterocycles. The molecule has 2 amide bonds. The highest BCUT2D eigenvalue weighted by molar-refractivity contribution is 7.89. The van der Waals surface area contributed by atoms with E-state index in [4.69, 9.17) is 5.14 Å². The molecule has 2 aromatic carbocycles. The van der Waals surface area contributed by atoms with Crippen molar-refractivity contribution >= 4 is 21.8 Å². The molecule has 0 spiro atoms. The summed E-state index contributed by atoms with van der Waals surface area (Å²) in [6.45, 7) is 0.435. The molecule has 0 unspecified atom stereocenters. The van der Waals surface area contributed by atoms with Crippen LogP contribution in [0.25, 0.3) is 0 Å². The maximum Gasteiger partial charge on any atom is 0.311 e. The van der Waals surface area contributed by atoms with Crippen molar-refractivity contribution in [2.75, 3.05) is 7.05 Å². The Labute approximate surface area is 146 Å². The molecule has 0 aliphatic carbocycles. The fourth-order valence-corrected chi connectivity index (χ4v) is 2.67. The normalized spacial score (nSPS) is 11.0. The van der Waals surface area contributed by atoms with Crippen molar-refractivity contribution in [3.8, 4) is 0 Å². The molecule has 25 heavy (non-hydrogen) atoms. The van der Waals surface area contributed by atoms with E-state index in [1.54, 1.807) is 7.05 Å². The molecule has 0 aliphatic rings. The van der Waals surface area contributed by atoms with Gasteiger partial charge in [0.05, 0.1) is 4.90 Å². The van der Waals surface area contributed by atoms with Crippen LogP contribution < -0.4 is 10.5 Å². The van der Waals surface area contributed by atoms with E-state index in [0.717, 1.165) is 5.56 Å². The van der Waals surface area contributed by atoms with Gasteiger partial charge in [0.1, 0.15) is 0 Å². The topological polar surface area (TPSA) is 110 Å². The number of sulfonamides is 1. The van der Waals surface area contributed by atoms with Crippen molar-refractivity contribution in [3.05, 3.63) is 65.7 Å². The number of benzene rings is 2. The molecule has 0 saturated heterocycles. The van der Waals surface area contributed by atoms with Crippen molar-refractivity contribution < 1.29 is 18.0 Å². The van der Waals surface area contributed by atoms with E-state index in [1.165, 1.54) is 29.2 Å². The number of nitrogens with one attached hydrogen (secondary N) is 1. The fraction of sp³-hybridized carbons (Fsp3) is 0.176. The third kappa shape index (κ3) is 5.40. The molecule has 3 N–H and O–H groups in total. The average molecular weight is 361 g/mol. The number of primary sulfonamides is 1. The molecule has 7 nitrogen and oxygen atoms in total. The molecule has 0 fully saturated rings. The van der Waals surface area contributed by atoms with Gasteiger partial charge in [-0.3, -0.25) is 9.59 Å². The van der Waals surface area contributed by atoms with Gasteiger partial charge in [-0.15, -0.1) is 0 Å². The molecule has 132 valence electrons. The second-order valence-electron chi connectivity index (χ2n) is 5.52. The summed E-state index contributed by atoms with van der Waals surface area (Å²) in [5, 5.41) is 7.53. The first-order valence-electron chi connectivity index (χ1n) is 7.46. The molecule has 0 bridgehead atoms. The van der Waals surface area contributed by atoms with Crippen LogP contribution in [0.15, 0.2) is 59.5 Å². The van der Waals surface area contributed by atoms with E-state index in [2.05, 4.69) is 5.32 Å². The lowest BCUT2D eigenvalue weighted by molar-refractivity contribution is -0.145. The van der Waals surface area contributed by atoms with Gasteiger partial charge < -0.3 is 10.2 Å². The number of nitrogens with two attached hydrogens (primary N) is 1. The van der Waals surface area contributed by atoms with E-state index in [9.17, 15) is 18.0 Å². The zero-order valence-electron chi connectivity index (χ0n) is 13.7. The minimum atomic E-state index is -3.75. The van der Waals surface area contributed by atoms with Gasteiger partial charge in [-0.25, -0.2) is 13.6 Å². The summed E-state index contributed by atoms with van der Waals surface area (Å²) in [6.07, 6.45) is 0. The first kappa shape index (κ1) is 18.6. The molecule has 2 rings (SSSR count). The Kier molecular flexibility index (Phi) is 5.89. The molecule has 8 heteroatoms. The average Bonchev–Trinajstić information content (AvgIpc) is 2.59. The summed E-state index contributed by atoms with van der Waals surface area (Å²) in [7, 11) is -2.20. The fourth-order valence-electron chi connectivity index (χ4n) is 2.16.